The molecule has 0 saturated carbocycles. The molecule has 3 amide bonds. The standard InChI is InChI=1S/C13H18N4O2/c14-10-4-1-5-11-9(10)3-2-7-17(11)8-6-12(18)16-13(15)19/h1,4-5H,2-3,6-8,14H2,(H3,15,16,18,19). The van der Waals surface area contributed by atoms with E-state index >= 15 is 0 Å². The highest BCUT2D eigenvalue weighted by molar-refractivity contribution is 5.93. The van der Waals surface area contributed by atoms with Crippen LogP contribution < -0.4 is 21.7 Å². The van der Waals surface area contributed by atoms with Crippen molar-refractivity contribution in [3.05, 3.63) is 23.8 Å². The molecule has 102 valence electrons. The molecule has 1 aliphatic heterocycles. The minimum atomic E-state index is -0.812. The second-order valence-corrected chi connectivity index (χ2v) is 4.60. The number of hydrogen-bond donors (Lipinski definition) is 3. The molecule has 6 nitrogen and oxygen atoms in total. The molecular weight excluding hydrogens is 244 g/mol. The fourth-order valence-corrected chi connectivity index (χ4v) is 2.40. The molecule has 19 heavy (non-hydrogen) atoms. The first-order chi connectivity index (χ1) is 9.08. The zero-order valence-electron chi connectivity index (χ0n) is 10.7. The van der Waals surface area contributed by atoms with Crippen LogP contribution in [0.25, 0.3) is 0 Å². The summed E-state index contributed by atoms with van der Waals surface area (Å²) in [5.41, 5.74) is 13.9. The molecule has 1 heterocycles. The number of urea groups is 1. The number of nitrogens with one attached hydrogen (secondary N) is 1. The Labute approximate surface area is 111 Å². The van der Waals surface area contributed by atoms with E-state index in [1.807, 2.05) is 18.2 Å². The molecule has 0 radical (unpaired) electrons. The molecule has 0 saturated heterocycles. The van der Waals surface area contributed by atoms with Crippen LogP contribution >= 0.6 is 0 Å². The number of carbonyl (C=O) groups is 2. The Hall–Kier alpha value is -2.24. The lowest BCUT2D eigenvalue weighted by molar-refractivity contribution is -0.119. The van der Waals surface area contributed by atoms with Gasteiger partial charge in [-0.05, 0) is 30.5 Å². The lowest BCUT2D eigenvalue weighted by Gasteiger charge is -2.31. The summed E-state index contributed by atoms with van der Waals surface area (Å²) in [5.74, 6) is -0.358. The number of fused-ring (bicyclic) bond motifs is 1. The van der Waals surface area contributed by atoms with Crippen LogP contribution in [0.15, 0.2) is 18.2 Å². The fraction of sp³-hybridized carbons (Fsp3) is 0.385. The number of carbonyl (C=O) groups excluding carboxylic acids is 2. The average Bonchev–Trinajstić information content (AvgIpc) is 2.36. The summed E-state index contributed by atoms with van der Waals surface area (Å²) in [6.45, 7) is 1.44. The third-order valence-corrected chi connectivity index (χ3v) is 3.25. The summed E-state index contributed by atoms with van der Waals surface area (Å²) in [6.07, 6.45) is 2.21. The summed E-state index contributed by atoms with van der Waals surface area (Å²) >= 11 is 0. The number of rotatable bonds is 3. The van der Waals surface area contributed by atoms with Gasteiger partial charge >= 0.3 is 6.03 Å². The molecule has 0 unspecified atom stereocenters. The predicted molar refractivity (Wildman–Crippen MR) is 73.7 cm³/mol. The first-order valence-corrected chi connectivity index (χ1v) is 6.29. The van der Waals surface area contributed by atoms with Crippen molar-refractivity contribution in [3.63, 3.8) is 0 Å². The zero-order chi connectivity index (χ0) is 13.8. The Morgan fingerprint density at radius 1 is 1.37 bits per heavy atom. The van der Waals surface area contributed by atoms with Gasteiger partial charge in [-0.3, -0.25) is 10.1 Å². The van der Waals surface area contributed by atoms with E-state index < -0.39 is 6.03 Å². The smallest absolute Gasteiger partial charge is 0.318 e. The van der Waals surface area contributed by atoms with Gasteiger partial charge in [0.1, 0.15) is 0 Å². The van der Waals surface area contributed by atoms with Gasteiger partial charge in [-0.1, -0.05) is 6.07 Å². The molecule has 0 aliphatic carbocycles. The molecule has 0 atom stereocenters. The van der Waals surface area contributed by atoms with E-state index in [-0.39, 0.29) is 12.3 Å². The second kappa shape index (κ2) is 5.60. The van der Waals surface area contributed by atoms with Crippen molar-refractivity contribution in [1.29, 1.82) is 0 Å². The molecule has 0 aromatic heterocycles. The maximum Gasteiger partial charge on any atom is 0.318 e. The number of primary amides is 1. The lowest BCUT2D eigenvalue weighted by atomic mass is 10.00. The second-order valence-electron chi connectivity index (χ2n) is 4.60. The number of imide groups is 1. The van der Waals surface area contributed by atoms with Gasteiger partial charge < -0.3 is 16.4 Å². The van der Waals surface area contributed by atoms with E-state index in [1.54, 1.807) is 0 Å². The largest absolute Gasteiger partial charge is 0.398 e. The number of anilines is 2. The number of nitrogens with two attached hydrogens (primary N) is 2. The number of benzene rings is 1. The molecule has 1 aliphatic rings. The SMILES string of the molecule is NC(=O)NC(=O)CCN1CCCc2c(N)cccc21. The summed E-state index contributed by atoms with van der Waals surface area (Å²) < 4.78 is 0. The highest BCUT2D eigenvalue weighted by atomic mass is 16.2. The van der Waals surface area contributed by atoms with Crippen LogP contribution in [0.5, 0.6) is 0 Å². The Morgan fingerprint density at radius 2 is 2.16 bits per heavy atom. The third-order valence-electron chi connectivity index (χ3n) is 3.25. The van der Waals surface area contributed by atoms with E-state index in [9.17, 15) is 9.59 Å². The van der Waals surface area contributed by atoms with Gasteiger partial charge in [-0.15, -0.1) is 0 Å². The van der Waals surface area contributed by atoms with Gasteiger partial charge in [0.15, 0.2) is 0 Å². The van der Waals surface area contributed by atoms with E-state index in [1.165, 1.54) is 0 Å². The summed E-state index contributed by atoms with van der Waals surface area (Å²) in [7, 11) is 0. The predicted octanol–water partition coefficient (Wildman–Crippen LogP) is 0.606. The van der Waals surface area contributed by atoms with Gasteiger partial charge in [0.2, 0.25) is 5.91 Å². The number of hydrogen-bond acceptors (Lipinski definition) is 4. The van der Waals surface area contributed by atoms with E-state index in [0.717, 1.165) is 36.3 Å². The fourth-order valence-electron chi connectivity index (χ4n) is 2.40. The van der Waals surface area contributed by atoms with Crippen molar-refractivity contribution in [3.8, 4) is 0 Å². The Morgan fingerprint density at radius 3 is 2.89 bits per heavy atom. The highest BCUT2D eigenvalue weighted by Crippen LogP contribution is 2.31. The minimum absolute atomic E-state index is 0.233. The molecular formula is C13H18N4O2. The Bertz CT molecular complexity index is 501. The monoisotopic (exact) mass is 262 g/mol. The van der Waals surface area contributed by atoms with Crippen molar-refractivity contribution < 1.29 is 9.59 Å². The van der Waals surface area contributed by atoms with Crippen molar-refractivity contribution in [1.82, 2.24) is 5.32 Å². The van der Waals surface area contributed by atoms with Gasteiger partial charge in [0, 0.05) is 30.9 Å². The normalized spacial score (nSPS) is 13.8. The topological polar surface area (TPSA) is 101 Å². The van der Waals surface area contributed by atoms with Crippen LogP contribution in [0, 0.1) is 0 Å². The molecule has 1 aromatic carbocycles. The number of nitrogen functional groups attached to an aromatic ring is 1. The average molecular weight is 262 g/mol. The van der Waals surface area contributed by atoms with E-state index in [0.29, 0.717) is 6.54 Å². The van der Waals surface area contributed by atoms with Crippen molar-refractivity contribution >= 4 is 23.3 Å². The third kappa shape index (κ3) is 3.15. The van der Waals surface area contributed by atoms with Gasteiger partial charge in [0.25, 0.3) is 0 Å². The first kappa shape index (κ1) is 13.2. The van der Waals surface area contributed by atoms with Crippen molar-refractivity contribution in [2.24, 2.45) is 5.73 Å². The van der Waals surface area contributed by atoms with Crippen LogP contribution in [0.1, 0.15) is 18.4 Å². The molecule has 0 fully saturated rings. The maximum absolute atomic E-state index is 11.4. The van der Waals surface area contributed by atoms with Gasteiger partial charge in [0.05, 0.1) is 0 Å². The Kier molecular flexibility index (Phi) is 3.89. The van der Waals surface area contributed by atoms with Crippen LogP contribution in [0.2, 0.25) is 0 Å². The Balaban J connectivity index is 2.02. The minimum Gasteiger partial charge on any atom is -0.398 e. The van der Waals surface area contributed by atoms with E-state index in [4.69, 9.17) is 11.5 Å². The molecule has 0 bridgehead atoms. The molecule has 5 N–H and O–H groups in total. The zero-order valence-corrected chi connectivity index (χ0v) is 10.7. The number of amides is 3. The van der Waals surface area contributed by atoms with Crippen LogP contribution in [-0.2, 0) is 11.2 Å². The van der Waals surface area contributed by atoms with Crippen molar-refractivity contribution in [2.75, 3.05) is 23.7 Å². The quantitative estimate of drug-likeness (QED) is 0.694. The summed E-state index contributed by atoms with van der Waals surface area (Å²) in [6, 6.07) is 5.00. The van der Waals surface area contributed by atoms with Gasteiger partial charge in [-0.2, -0.15) is 0 Å². The van der Waals surface area contributed by atoms with Crippen LogP contribution in [0.4, 0.5) is 16.2 Å². The van der Waals surface area contributed by atoms with Crippen LogP contribution in [-0.4, -0.2) is 25.0 Å². The molecule has 2 rings (SSSR count). The van der Waals surface area contributed by atoms with Crippen LogP contribution in [0.3, 0.4) is 0 Å². The first-order valence-electron chi connectivity index (χ1n) is 6.29. The molecule has 6 heteroatoms. The summed E-state index contributed by atoms with van der Waals surface area (Å²) in [4.78, 5) is 24.1. The van der Waals surface area contributed by atoms with Gasteiger partial charge in [-0.25, -0.2) is 4.79 Å². The molecule has 1 aromatic rings. The molecule has 0 spiro atoms. The van der Waals surface area contributed by atoms with Crippen molar-refractivity contribution in [2.45, 2.75) is 19.3 Å². The number of nitrogens with zero attached hydrogens (tertiary/aromatic N) is 1. The highest BCUT2D eigenvalue weighted by Gasteiger charge is 2.19. The summed E-state index contributed by atoms with van der Waals surface area (Å²) in [5, 5.41) is 2.07. The van der Waals surface area contributed by atoms with E-state index in [2.05, 4.69) is 10.2 Å². The maximum atomic E-state index is 11.4. The lowest BCUT2D eigenvalue weighted by Crippen LogP contribution is -2.38.